The number of carbonyl (C=O) groups excluding carboxylic acids is 2. The highest BCUT2D eigenvalue weighted by atomic mass is 31.1. The summed E-state index contributed by atoms with van der Waals surface area (Å²) in [7, 11) is -2.81. The molecule has 0 fully saturated rings. The van der Waals surface area contributed by atoms with E-state index in [1.807, 2.05) is 0 Å². The number of carbonyl (C=O) groups is 2. The fourth-order valence-electron chi connectivity index (χ4n) is 0.889. The van der Waals surface area contributed by atoms with E-state index in [-0.39, 0.29) is 13.2 Å². The molecule has 0 spiro atoms. The number of nitrogens with zero attached hydrogens (tertiary/aromatic N) is 1. The molecule has 0 heterocycles. The molecule has 0 aliphatic heterocycles. The van der Waals surface area contributed by atoms with E-state index in [1.54, 1.807) is 13.8 Å². The van der Waals surface area contributed by atoms with Gasteiger partial charge in [-0.2, -0.15) is 0 Å². The van der Waals surface area contributed by atoms with Gasteiger partial charge in [-0.25, -0.2) is 4.79 Å². The third-order valence-electron chi connectivity index (χ3n) is 1.44. The molecule has 0 saturated heterocycles. The maximum atomic E-state index is 11.2. The Morgan fingerprint density at radius 2 is 1.81 bits per heavy atom. The van der Waals surface area contributed by atoms with Crippen molar-refractivity contribution in [2.75, 3.05) is 26.0 Å². The van der Waals surface area contributed by atoms with Crippen molar-refractivity contribution in [3.05, 3.63) is 0 Å². The first-order valence-corrected chi connectivity index (χ1v) is 6.06. The molecule has 0 rings (SSSR count). The third-order valence-corrected chi connectivity index (χ3v) is 2.01. The molecule has 0 aliphatic rings. The zero-order chi connectivity index (χ0) is 12.6. The predicted octanol–water partition coefficient (Wildman–Crippen LogP) is 0.0682. The molecule has 1 amide bonds. The van der Waals surface area contributed by atoms with Crippen LogP contribution >= 0.6 is 8.03 Å². The van der Waals surface area contributed by atoms with E-state index in [4.69, 9.17) is 0 Å². The maximum Gasteiger partial charge on any atom is 0.413 e. The fraction of sp³-hybridized carbons (Fsp3) is 0.750. The number of esters is 1. The minimum absolute atomic E-state index is 0.105. The Hall–Kier alpha value is -1.20. The standard InChI is InChI=1S/C8H14NO6P/c1-3-14-7(10)5-9(6-16(12)13)8(11)15-4-2/h3-6H2,1-2H3. The van der Waals surface area contributed by atoms with Crippen LogP contribution in [-0.2, 0) is 18.8 Å². The number of amides is 1. The number of hydrogen-bond acceptors (Lipinski definition) is 6. The lowest BCUT2D eigenvalue weighted by Gasteiger charge is -2.16. The normalized spacial score (nSPS) is 10.6. The van der Waals surface area contributed by atoms with Crippen LogP contribution in [0.25, 0.3) is 0 Å². The Morgan fingerprint density at radius 3 is 2.25 bits per heavy atom. The van der Waals surface area contributed by atoms with Crippen LogP contribution in [-0.4, -0.2) is 43.0 Å². The van der Waals surface area contributed by atoms with Gasteiger partial charge in [-0.05, 0) is 13.8 Å². The first-order chi connectivity index (χ1) is 7.51. The van der Waals surface area contributed by atoms with Gasteiger partial charge in [0.2, 0.25) is 6.29 Å². The van der Waals surface area contributed by atoms with Crippen LogP contribution < -0.4 is 4.89 Å². The van der Waals surface area contributed by atoms with E-state index in [1.165, 1.54) is 0 Å². The maximum absolute atomic E-state index is 11.2. The van der Waals surface area contributed by atoms with E-state index in [0.29, 0.717) is 0 Å². The molecule has 7 nitrogen and oxygen atoms in total. The van der Waals surface area contributed by atoms with Gasteiger partial charge in [-0.3, -0.25) is 9.69 Å². The van der Waals surface area contributed by atoms with Crippen molar-refractivity contribution in [2.45, 2.75) is 13.8 Å². The molecule has 1 unspecified atom stereocenters. The summed E-state index contributed by atoms with van der Waals surface area (Å²) in [5.41, 5.74) is 0. The molecule has 1 atom stereocenters. The fourth-order valence-corrected chi connectivity index (χ4v) is 1.38. The first-order valence-electron chi connectivity index (χ1n) is 4.70. The SMILES string of the molecule is CCOC(=O)CN(C[P+](=O)[O-])C(=O)OCC. The van der Waals surface area contributed by atoms with E-state index < -0.39 is 32.9 Å². The molecule has 0 saturated carbocycles. The highest BCUT2D eigenvalue weighted by Gasteiger charge is 2.23. The van der Waals surface area contributed by atoms with Crippen molar-refractivity contribution in [2.24, 2.45) is 0 Å². The van der Waals surface area contributed by atoms with Crippen LogP contribution in [0.1, 0.15) is 13.8 Å². The lowest BCUT2D eigenvalue weighted by Crippen LogP contribution is -2.37. The Bertz CT molecular complexity index is 269. The average Bonchev–Trinajstić information content (AvgIpc) is 2.16. The molecule has 0 aromatic rings. The molecule has 0 aromatic carbocycles. The van der Waals surface area contributed by atoms with E-state index in [2.05, 4.69) is 9.47 Å². The summed E-state index contributed by atoms with van der Waals surface area (Å²) in [5, 5.41) is 0. The van der Waals surface area contributed by atoms with Crippen molar-refractivity contribution in [3.8, 4) is 0 Å². The van der Waals surface area contributed by atoms with Gasteiger partial charge in [-0.15, -0.1) is 0 Å². The Morgan fingerprint density at radius 1 is 1.25 bits per heavy atom. The van der Waals surface area contributed by atoms with Crippen LogP contribution in [0.5, 0.6) is 0 Å². The third kappa shape index (κ3) is 6.31. The molecule has 8 heteroatoms. The summed E-state index contributed by atoms with van der Waals surface area (Å²) < 4.78 is 19.7. The molecule has 0 aliphatic carbocycles. The lowest BCUT2D eigenvalue weighted by atomic mass is 10.6. The van der Waals surface area contributed by atoms with Gasteiger partial charge in [-0.1, -0.05) is 4.57 Å². The van der Waals surface area contributed by atoms with Crippen molar-refractivity contribution in [1.29, 1.82) is 0 Å². The summed E-state index contributed by atoms with van der Waals surface area (Å²) in [4.78, 5) is 33.6. The molecule has 0 bridgehead atoms. The van der Waals surface area contributed by atoms with Crippen LogP contribution in [0, 0.1) is 0 Å². The molecular weight excluding hydrogens is 237 g/mol. The minimum Gasteiger partial charge on any atom is -0.594 e. The predicted molar refractivity (Wildman–Crippen MR) is 52.8 cm³/mol. The zero-order valence-electron chi connectivity index (χ0n) is 9.17. The van der Waals surface area contributed by atoms with Gasteiger partial charge < -0.3 is 14.4 Å². The second kappa shape index (κ2) is 8.01. The smallest absolute Gasteiger partial charge is 0.413 e. The largest absolute Gasteiger partial charge is 0.594 e. The summed E-state index contributed by atoms with van der Waals surface area (Å²) in [6, 6.07) is 0. The summed E-state index contributed by atoms with van der Waals surface area (Å²) in [6.07, 6.45) is -1.41. The first kappa shape index (κ1) is 14.8. The molecule has 0 radical (unpaired) electrons. The van der Waals surface area contributed by atoms with E-state index in [9.17, 15) is 19.0 Å². The van der Waals surface area contributed by atoms with Crippen molar-refractivity contribution >= 4 is 20.1 Å². The van der Waals surface area contributed by atoms with Gasteiger partial charge in [0.05, 0.1) is 13.2 Å². The van der Waals surface area contributed by atoms with Crippen molar-refractivity contribution in [3.63, 3.8) is 0 Å². The van der Waals surface area contributed by atoms with Crippen LogP contribution in [0.2, 0.25) is 0 Å². The van der Waals surface area contributed by atoms with Crippen LogP contribution in [0.3, 0.4) is 0 Å². The summed E-state index contributed by atoms with van der Waals surface area (Å²) in [6.45, 7) is 3.03. The van der Waals surface area contributed by atoms with Crippen molar-refractivity contribution in [1.82, 2.24) is 4.90 Å². The van der Waals surface area contributed by atoms with Gasteiger partial charge in [0.25, 0.3) is 0 Å². The molecule has 16 heavy (non-hydrogen) atoms. The van der Waals surface area contributed by atoms with Gasteiger partial charge in [0.1, 0.15) is 6.54 Å². The molecule has 92 valence electrons. The van der Waals surface area contributed by atoms with Crippen molar-refractivity contribution < 1.29 is 28.5 Å². The number of hydrogen-bond donors (Lipinski definition) is 0. The number of rotatable bonds is 6. The Labute approximate surface area is 94.2 Å². The lowest BCUT2D eigenvalue weighted by molar-refractivity contribution is -0.166. The average molecular weight is 251 g/mol. The van der Waals surface area contributed by atoms with Crippen LogP contribution in [0.15, 0.2) is 0 Å². The topological polar surface area (TPSA) is 96.0 Å². The zero-order valence-corrected chi connectivity index (χ0v) is 10.1. The second-order valence-electron chi connectivity index (χ2n) is 2.68. The van der Waals surface area contributed by atoms with Crippen LogP contribution in [0.4, 0.5) is 4.79 Å². The Balaban J connectivity index is 4.36. The van der Waals surface area contributed by atoms with Gasteiger partial charge in [0.15, 0.2) is 0 Å². The number of ether oxygens (including phenoxy) is 2. The summed E-state index contributed by atoms with van der Waals surface area (Å²) >= 11 is 0. The quantitative estimate of drug-likeness (QED) is 0.489. The molecule has 0 aromatic heterocycles. The Kier molecular flexibility index (Phi) is 7.41. The molecular formula is C8H14NO6P. The minimum atomic E-state index is -2.81. The van der Waals surface area contributed by atoms with Gasteiger partial charge >= 0.3 is 20.1 Å². The van der Waals surface area contributed by atoms with Gasteiger partial charge in [0, 0.05) is 0 Å². The second-order valence-corrected chi connectivity index (χ2v) is 3.62. The highest BCUT2D eigenvalue weighted by Crippen LogP contribution is 2.11. The summed E-state index contributed by atoms with van der Waals surface area (Å²) in [5.74, 6) is -0.674. The monoisotopic (exact) mass is 251 g/mol. The molecule has 0 N–H and O–H groups in total. The highest BCUT2D eigenvalue weighted by molar-refractivity contribution is 7.36. The van der Waals surface area contributed by atoms with E-state index in [0.717, 1.165) is 4.90 Å². The van der Waals surface area contributed by atoms with E-state index >= 15 is 0 Å².